The average molecular weight is 260 g/mol. The Morgan fingerprint density at radius 3 is 2.69 bits per heavy atom. The standard InChI is InChI=1S/C7H6ClN5O2S/c8-6-1-2-7(12-11-6)13-16(14,15)5-3-9-10-4-5/h1-4H,(H,9,10)(H,12,13). The fourth-order valence-electron chi connectivity index (χ4n) is 0.953. The van der Waals surface area contributed by atoms with Crippen molar-refractivity contribution in [2.45, 2.75) is 4.90 Å². The van der Waals surface area contributed by atoms with Crippen molar-refractivity contribution in [3.05, 3.63) is 29.7 Å². The van der Waals surface area contributed by atoms with E-state index in [1.54, 1.807) is 0 Å². The van der Waals surface area contributed by atoms with Crippen molar-refractivity contribution in [3.63, 3.8) is 0 Å². The Balaban J connectivity index is 2.25. The van der Waals surface area contributed by atoms with E-state index in [9.17, 15) is 8.42 Å². The van der Waals surface area contributed by atoms with Gasteiger partial charge in [-0.1, -0.05) is 11.6 Å². The SMILES string of the molecule is O=S(=O)(Nc1ccc(Cl)nn1)c1cn[nH]c1. The maximum atomic E-state index is 11.7. The smallest absolute Gasteiger partial charge is 0.266 e. The number of aromatic amines is 1. The number of anilines is 1. The topological polar surface area (TPSA) is 101 Å². The third-order valence-electron chi connectivity index (χ3n) is 1.65. The molecule has 2 aromatic rings. The van der Waals surface area contributed by atoms with E-state index in [4.69, 9.17) is 11.6 Å². The van der Waals surface area contributed by atoms with Crippen molar-refractivity contribution in [2.24, 2.45) is 0 Å². The van der Waals surface area contributed by atoms with Crippen LogP contribution in [0.15, 0.2) is 29.4 Å². The van der Waals surface area contributed by atoms with Crippen molar-refractivity contribution < 1.29 is 8.42 Å². The maximum absolute atomic E-state index is 11.7. The van der Waals surface area contributed by atoms with Crippen LogP contribution >= 0.6 is 11.6 Å². The quantitative estimate of drug-likeness (QED) is 0.843. The van der Waals surface area contributed by atoms with Gasteiger partial charge in [-0.3, -0.25) is 9.82 Å². The fourth-order valence-corrected chi connectivity index (χ4v) is 1.96. The van der Waals surface area contributed by atoms with Gasteiger partial charge in [0.1, 0.15) is 4.90 Å². The molecule has 16 heavy (non-hydrogen) atoms. The monoisotopic (exact) mass is 259 g/mol. The highest BCUT2D eigenvalue weighted by atomic mass is 35.5. The molecule has 0 saturated heterocycles. The van der Waals surface area contributed by atoms with Crippen LogP contribution in [-0.2, 0) is 10.0 Å². The molecule has 0 unspecified atom stereocenters. The van der Waals surface area contributed by atoms with E-state index in [2.05, 4.69) is 25.1 Å². The number of H-pyrrole nitrogens is 1. The van der Waals surface area contributed by atoms with Crippen LogP contribution in [-0.4, -0.2) is 28.8 Å². The van der Waals surface area contributed by atoms with Gasteiger partial charge in [-0.05, 0) is 12.1 Å². The van der Waals surface area contributed by atoms with Gasteiger partial charge in [-0.25, -0.2) is 8.42 Å². The fraction of sp³-hybridized carbons (Fsp3) is 0. The summed E-state index contributed by atoms with van der Waals surface area (Å²) >= 11 is 5.52. The maximum Gasteiger partial charge on any atom is 0.266 e. The zero-order valence-corrected chi connectivity index (χ0v) is 9.33. The lowest BCUT2D eigenvalue weighted by atomic mass is 10.5. The zero-order chi connectivity index (χ0) is 11.6. The molecular weight excluding hydrogens is 254 g/mol. The van der Waals surface area contributed by atoms with Crippen LogP contribution < -0.4 is 4.72 Å². The summed E-state index contributed by atoms with van der Waals surface area (Å²) in [7, 11) is -3.67. The van der Waals surface area contributed by atoms with Crippen molar-refractivity contribution in [1.29, 1.82) is 0 Å². The third-order valence-corrected chi connectivity index (χ3v) is 3.18. The predicted octanol–water partition coefficient (Wildman–Crippen LogP) is 0.654. The number of halogens is 1. The third kappa shape index (κ3) is 2.28. The Labute approximate surface area is 95.9 Å². The minimum absolute atomic E-state index is 0.0178. The minimum Gasteiger partial charge on any atom is -0.284 e. The lowest BCUT2D eigenvalue weighted by Gasteiger charge is -2.03. The Morgan fingerprint density at radius 1 is 1.31 bits per heavy atom. The van der Waals surface area contributed by atoms with Gasteiger partial charge in [0.25, 0.3) is 10.0 Å². The van der Waals surface area contributed by atoms with Gasteiger partial charge >= 0.3 is 0 Å². The highest BCUT2D eigenvalue weighted by molar-refractivity contribution is 7.92. The van der Waals surface area contributed by atoms with Gasteiger partial charge in [0.15, 0.2) is 11.0 Å². The van der Waals surface area contributed by atoms with Crippen LogP contribution in [0.25, 0.3) is 0 Å². The Hall–Kier alpha value is -1.67. The first-order chi connectivity index (χ1) is 7.58. The zero-order valence-electron chi connectivity index (χ0n) is 7.75. The molecule has 84 valence electrons. The molecule has 9 heteroatoms. The van der Waals surface area contributed by atoms with Gasteiger partial charge in [-0.15, -0.1) is 10.2 Å². The first-order valence-corrected chi connectivity index (χ1v) is 5.95. The van der Waals surface area contributed by atoms with E-state index in [0.29, 0.717) is 0 Å². The summed E-state index contributed by atoms with van der Waals surface area (Å²) in [4.78, 5) is 0.0178. The molecule has 7 nitrogen and oxygen atoms in total. The first-order valence-electron chi connectivity index (χ1n) is 4.09. The predicted molar refractivity (Wildman–Crippen MR) is 56.4 cm³/mol. The van der Waals surface area contributed by atoms with Crippen LogP contribution in [0, 0.1) is 0 Å². The van der Waals surface area contributed by atoms with Crippen LogP contribution in [0.5, 0.6) is 0 Å². The van der Waals surface area contributed by atoms with Gasteiger partial charge in [0.2, 0.25) is 0 Å². The van der Waals surface area contributed by atoms with Gasteiger partial charge in [-0.2, -0.15) is 5.10 Å². The Kier molecular flexibility index (Phi) is 2.75. The summed E-state index contributed by atoms with van der Waals surface area (Å²) in [6.07, 6.45) is 2.44. The molecule has 0 saturated carbocycles. The molecule has 0 amide bonds. The molecule has 0 aromatic carbocycles. The van der Waals surface area contributed by atoms with Crippen molar-refractivity contribution in [3.8, 4) is 0 Å². The molecule has 2 aromatic heterocycles. The number of nitrogens with zero attached hydrogens (tertiary/aromatic N) is 3. The lowest BCUT2D eigenvalue weighted by Crippen LogP contribution is -2.13. The second-order valence-corrected chi connectivity index (χ2v) is 4.85. The molecule has 0 fully saturated rings. The molecule has 0 radical (unpaired) electrons. The number of aromatic nitrogens is 4. The largest absolute Gasteiger partial charge is 0.284 e. The minimum atomic E-state index is -3.67. The molecule has 0 atom stereocenters. The molecule has 0 aliphatic heterocycles. The van der Waals surface area contributed by atoms with Gasteiger partial charge in [0, 0.05) is 6.20 Å². The van der Waals surface area contributed by atoms with Gasteiger partial charge < -0.3 is 0 Å². The number of sulfonamides is 1. The summed E-state index contributed by atoms with van der Waals surface area (Å²) in [6, 6.07) is 2.84. The van der Waals surface area contributed by atoms with E-state index < -0.39 is 10.0 Å². The molecule has 0 bridgehead atoms. The number of hydrogen-bond donors (Lipinski definition) is 2. The summed E-state index contributed by atoms with van der Waals surface area (Å²) in [5.74, 6) is 0.0885. The normalized spacial score (nSPS) is 11.3. The summed E-state index contributed by atoms with van der Waals surface area (Å²) in [5, 5.41) is 13.2. The van der Waals surface area contributed by atoms with E-state index in [-0.39, 0.29) is 15.9 Å². The molecule has 0 spiro atoms. The van der Waals surface area contributed by atoms with Crippen LogP contribution in [0.4, 0.5) is 5.82 Å². The second-order valence-electron chi connectivity index (χ2n) is 2.78. The average Bonchev–Trinajstić information content (AvgIpc) is 2.75. The van der Waals surface area contributed by atoms with Crippen LogP contribution in [0.3, 0.4) is 0 Å². The highest BCUT2D eigenvalue weighted by Crippen LogP contribution is 2.12. The van der Waals surface area contributed by atoms with Crippen molar-refractivity contribution in [1.82, 2.24) is 20.4 Å². The van der Waals surface area contributed by atoms with E-state index in [1.165, 1.54) is 24.5 Å². The summed E-state index contributed by atoms with van der Waals surface area (Å²) in [5.41, 5.74) is 0. The van der Waals surface area contributed by atoms with E-state index in [1.807, 2.05) is 0 Å². The van der Waals surface area contributed by atoms with E-state index in [0.717, 1.165) is 0 Å². The molecule has 2 rings (SSSR count). The molecule has 0 aliphatic carbocycles. The Bertz CT molecular complexity index is 565. The molecular formula is C7H6ClN5O2S. The van der Waals surface area contributed by atoms with Gasteiger partial charge in [0.05, 0.1) is 6.20 Å². The number of nitrogens with one attached hydrogen (secondary N) is 2. The number of rotatable bonds is 3. The number of hydrogen-bond acceptors (Lipinski definition) is 5. The molecule has 2 N–H and O–H groups in total. The molecule has 0 aliphatic rings. The lowest BCUT2D eigenvalue weighted by molar-refractivity contribution is 0.601. The first kappa shape index (κ1) is 10.8. The van der Waals surface area contributed by atoms with E-state index >= 15 is 0 Å². The van der Waals surface area contributed by atoms with Crippen molar-refractivity contribution >= 4 is 27.4 Å². The molecule has 2 heterocycles. The van der Waals surface area contributed by atoms with Crippen LogP contribution in [0.2, 0.25) is 5.15 Å². The van der Waals surface area contributed by atoms with Crippen LogP contribution in [0.1, 0.15) is 0 Å². The summed E-state index contributed by atoms with van der Waals surface area (Å²) in [6.45, 7) is 0. The second kappa shape index (κ2) is 4.06. The summed E-state index contributed by atoms with van der Waals surface area (Å²) < 4.78 is 25.6. The Morgan fingerprint density at radius 2 is 2.12 bits per heavy atom. The highest BCUT2D eigenvalue weighted by Gasteiger charge is 2.15. The van der Waals surface area contributed by atoms with Crippen molar-refractivity contribution in [2.75, 3.05) is 4.72 Å².